The highest BCUT2D eigenvalue weighted by atomic mass is 79.9. The van der Waals surface area contributed by atoms with Gasteiger partial charge in [0.05, 0.1) is 18.8 Å². The highest BCUT2D eigenvalue weighted by Crippen LogP contribution is 2.44. The van der Waals surface area contributed by atoms with Gasteiger partial charge in [0.1, 0.15) is 11.9 Å². The Kier molecular flexibility index (Phi) is 5.00. The normalized spacial score (nSPS) is 21.8. The predicted molar refractivity (Wildman–Crippen MR) is 93.1 cm³/mol. The van der Waals surface area contributed by atoms with E-state index in [1.807, 2.05) is 4.81 Å². The SMILES string of the molecule is [B]N1CCc2cc3c(c(Br)c2CC1)N(CCOC)CC(C)O3. The average Bonchev–Trinajstić information content (AvgIpc) is 2.67. The van der Waals surface area contributed by atoms with Gasteiger partial charge in [0.25, 0.3) is 0 Å². The lowest BCUT2D eigenvalue weighted by Crippen LogP contribution is -2.40. The Morgan fingerprint density at radius 1 is 1.41 bits per heavy atom. The summed E-state index contributed by atoms with van der Waals surface area (Å²) in [6.07, 6.45) is 2.12. The second-order valence-corrected chi connectivity index (χ2v) is 6.87. The van der Waals surface area contributed by atoms with Crippen molar-refractivity contribution < 1.29 is 9.47 Å². The molecule has 0 saturated carbocycles. The van der Waals surface area contributed by atoms with Gasteiger partial charge in [0, 0.05) is 18.1 Å². The van der Waals surface area contributed by atoms with E-state index >= 15 is 0 Å². The fourth-order valence-corrected chi connectivity index (χ4v) is 4.17. The lowest BCUT2D eigenvalue weighted by atomic mass is 10.00. The first-order valence-electron chi connectivity index (χ1n) is 7.84. The molecule has 1 atom stereocenters. The predicted octanol–water partition coefficient (Wildman–Crippen LogP) is 2.17. The molecule has 0 fully saturated rings. The van der Waals surface area contributed by atoms with Crippen molar-refractivity contribution in [2.24, 2.45) is 0 Å². The van der Waals surface area contributed by atoms with Crippen LogP contribution in [0.1, 0.15) is 18.1 Å². The third kappa shape index (κ3) is 3.14. The fourth-order valence-electron chi connectivity index (χ4n) is 3.28. The summed E-state index contributed by atoms with van der Waals surface area (Å²) in [5.41, 5.74) is 3.88. The van der Waals surface area contributed by atoms with Crippen molar-refractivity contribution in [2.45, 2.75) is 25.9 Å². The van der Waals surface area contributed by atoms with Crippen LogP contribution in [0.15, 0.2) is 10.5 Å². The highest BCUT2D eigenvalue weighted by Gasteiger charge is 2.28. The molecule has 6 heteroatoms. The van der Waals surface area contributed by atoms with Gasteiger partial charge in [-0.15, -0.1) is 0 Å². The van der Waals surface area contributed by atoms with Crippen molar-refractivity contribution in [3.63, 3.8) is 0 Å². The Bertz CT molecular complexity index is 555. The molecular formula is C16H22BBrN2O2. The van der Waals surface area contributed by atoms with E-state index in [-0.39, 0.29) is 6.10 Å². The van der Waals surface area contributed by atoms with E-state index < -0.39 is 0 Å². The number of hydrogen-bond acceptors (Lipinski definition) is 4. The van der Waals surface area contributed by atoms with Crippen molar-refractivity contribution in [3.05, 3.63) is 21.7 Å². The van der Waals surface area contributed by atoms with Crippen LogP contribution in [-0.4, -0.2) is 58.8 Å². The maximum atomic E-state index is 6.10. The molecule has 0 spiro atoms. The molecule has 2 aliphatic rings. The molecule has 3 rings (SSSR count). The number of benzene rings is 1. The van der Waals surface area contributed by atoms with Gasteiger partial charge in [-0.05, 0) is 66.0 Å². The molecule has 0 N–H and O–H groups in total. The summed E-state index contributed by atoms with van der Waals surface area (Å²) in [5.74, 6) is 0.978. The summed E-state index contributed by atoms with van der Waals surface area (Å²) >= 11 is 3.84. The largest absolute Gasteiger partial charge is 0.487 e. The van der Waals surface area contributed by atoms with E-state index in [4.69, 9.17) is 17.5 Å². The Balaban J connectivity index is 2.01. The lowest BCUT2D eigenvalue weighted by molar-refractivity contribution is 0.186. The number of halogens is 1. The second kappa shape index (κ2) is 6.81. The summed E-state index contributed by atoms with van der Waals surface area (Å²) in [6, 6.07) is 2.21. The summed E-state index contributed by atoms with van der Waals surface area (Å²) in [5, 5.41) is 0. The molecule has 1 unspecified atom stereocenters. The maximum Gasteiger partial charge on any atom is 0.182 e. The lowest BCUT2D eigenvalue weighted by Gasteiger charge is -2.36. The molecule has 1 aromatic rings. The van der Waals surface area contributed by atoms with Gasteiger partial charge in [-0.3, -0.25) is 0 Å². The van der Waals surface area contributed by atoms with Gasteiger partial charge < -0.3 is 19.2 Å². The summed E-state index contributed by atoms with van der Waals surface area (Å²) < 4.78 is 12.5. The fraction of sp³-hybridized carbons (Fsp3) is 0.625. The molecule has 0 saturated heterocycles. The summed E-state index contributed by atoms with van der Waals surface area (Å²) in [6.45, 7) is 6.37. The van der Waals surface area contributed by atoms with Crippen LogP contribution in [0.3, 0.4) is 0 Å². The zero-order chi connectivity index (χ0) is 15.7. The molecule has 0 aromatic heterocycles. The zero-order valence-corrected chi connectivity index (χ0v) is 14.9. The smallest absolute Gasteiger partial charge is 0.182 e. The van der Waals surface area contributed by atoms with Crippen molar-refractivity contribution in [2.75, 3.05) is 44.8 Å². The van der Waals surface area contributed by atoms with Crippen LogP contribution in [0.25, 0.3) is 0 Å². The minimum Gasteiger partial charge on any atom is -0.487 e. The molecule has 1 aromatic carbocycles. The number of rotatable bonds is 3. The van der Waals surface area contributed by atoms with Gasteiger partial charge in [-0.1, -0.05) is 0 Å². The van der Waals surface area contributed by atoms with E-state index in [2.05, 4.69) is 33.8 Å². The highest BCUT2D eigenvalue weighted by molar-refractivity contribution is 9.10. The third-order valence-electron chi connectivity index (χ3n) is 4.40. The minimum absolute atomic E-state index is 0.186. The molecule has 4 nitrogen and oxygen atoms in total. The molecular weight excluding hydrogens is 343 g/mol. The third-order valence-corrected chi connectivity index (χ3v) is 5.26. The Hall–Kier alpha value is -0.715. The van der Waals surface area contributed by atoms with Crippen molar-refractivity contribution >= 4 is 29.6 Å². The Morgan fingerprint density at radius 2 is 2.18 bits per heavy atom. The first-order valence-corrected chi connectivity index (χ1v) is 8.64. The van der Waals surface area contributed by atoms with Crippen LogP contribution in [0.4, 0.5) is 5.69 Å². The molecule has 2 heterocycles. The van der Waals surface area contributed by atoms with Crippen LogP contribution >= 0.6 is 15.9 Å². The number of hydrogen-bond donors (Lipinski definition) is 0. The standard InChI is InChI=1S/C16H22BBrN2O2/c1-11-10-19(7-8-21-2)16-14(22-11)9-12-3-5-20(17)6-4-13(12)15(16)18/h9,11H,3-8,10H2,1-2H3. The van der Waals surface area contributed by atoms with E-state index in [0.29, 0.717) is 6.61 Å². The molecule has 0 bridgehead atoms. The van der Waals surface area contributed by atoms with E-state index in [9.17, 15) is 0 Å². The van der Waals surface area contributed by atoms with Crippen molar-refractivity contribution in [3.8, 4) is 5.75 Å². The molecule has 118 valence electrons. The second-order valence-electron chi connectivity index (χ2n) is 6.08. The molecule has 0 amide bonds. The van der Waals surface area contributed by atoms with Crippen LogP contribution in [-0.2, 0) is 17.6 Å². The zero-order valence-electron chi connectivity index (χ0n) is 13.3. The number of methoxy groups -OCH3 is 1. The number of nitrogens with zero attached hydrogens (tertiary/aromatic N) is 2. The maximum absolute atomic E-state index is 6.10. The van der Waals surface area contributed by atoms with E-state index in [1.165, 1.54) is 21.3 Å². The van der Waals surface area contributed by atoms with E-state index in [0.717, 1.165) is 44.8 Å². The topological polar surface area (TPSA) is 24.9 Å². The number of anilines is 1. The summed E-state index contributed by atoms with van der Waals surface area (Å²) in [4.78, 5) is 4.26. The Labute approximate surface area is 142 Å². The number of fused-ring (bicyclic) bond motifs is 2. The van der Waals surface area contributed by atoms with Gasteiger partial charge >= 0.3 is 0 Å². The molecule has 2 radical (unpaired) electrons. The first kappa shape index (κ1) is 16.2. The van der Waals surface area contributed by atoms with Crippen LogP contribution in [0, 0.1) is 0 Å². The average molecular weight is 365 g/mol. The molecule has 2 aliphatic heterocycles. The summed E-state index contributed by atoms with van der Waals surface area (Å²) in [7, 11) is 7.74. The van der Waals surface area contributed by atoms with Crippen LogP contribution in [0.2, 0.25) is 0 Å². The van der Waals surface area contributed by atoms with Crippen LogP contribution in [0.5, 0.6) is 5.75 Å². The van der Waals surface area contributed by atoms with E-state index in [1.54, 1.807) is 7.11 Å². The molecule has 22 heavy (non-hydrogen) atoms. The Morgan fingerprint density at radius 3 is 2.95 bits per heavy atom. The van der Waals surface area contributed by atoms with Crippen LogP contribution < -0.4 is 9.64 Å². The molecule has 0 aliphatic carbocycles. The monoisotopic (exact) mass is 364 g/mol. The first-order chi connectivity index (χ1) is 10.6. The quantitative estimate of drug-likeness (QED) is 0.767. The van der Waals surface area contributed by atoms with Gasteiger partial charge in [0.2, 0.25) is 0 Å². The number of ether oxygens (including phenoxy) is 2. The van der Waals surface area contributed by atoms with Gasteiger partial charge in [-0.25, -0.2) is 0 Å². The van der Waals surface area contributed by atoms with Crippen molar-refractivity contribution in [1.29, 1.82) is 0 Å². The minimum atomic E-state index is 0.186. The van der Waals surface area contributed by atoms with Crippen molar-refractivity contribution in [1.82, 2.24) is 4.81 Å². The van der Waals surface area contributed by atoms with Gasteiger partial charge in [0.15, 0.2) is 7.98 Å². The van der Waals surface area contributed by atoms with Gasteiger partial charge in [-0.2, -0.15) is 0 Å².